The molecule has 0 unspecified atom stereocenters. The Balaban J connectivity index is 1.44. The standard InChI is InChI=1S/C25H20O3S2/c1-3-7-20(8-4-1)29-15-19-14-26-25(18-11-12-23-24(13-18)28-17-27-23)22(19)16-30-21-9-5-2-6-10-21/h1-14H,15-17H2. The summed E-state index contributed by atoms with van der Waals surface area (Å²) in [6.07, 6.45) is 1.90. The molecule has 0 fully saturated rings. The van der Waals surface area contributed by atoms with Crippen molar-refractivity contribution >= 4 is 23.5 Å². The van der Waals surface area contributed by atoms with Crippen LogP contribution < -0.4 is 9.47 Å². The van der Waals surface area contributed by atoms with Crippen LogP contribution in [0.25, 0.3) is 11.3 Å². The van der Waals surface area contributed by atoms with E-state index in [1.165, 1.54) is 20.9 Å². The Hall–Kier alpha value is -2.76. The minimum absolute atomic E-state index is 0.270. The van der Waals surface area contributed by atoms with Gasteiger partial charge in [0.1, 0.15) is 5.76 Å². The Kier molecular flexibility index (Phi) is 5.73. The van der Waals surface area contributed by atoms with Crippen LogP contribution in [0, 0.1) is 0 Å². The number of hydrogen-bond donors (Lipinski definition) is 0. The summed E-state index contributed by atoms with van der Waals surface area (Å²) in [6.45, 7) is 0.270. The first-order valence-electron chi connectivity index (χ1n) is 9.72. The van der Waals surface area contributed by atoms with E-state index in [-0.39, 0.29) is 6.79 Å². The lowest BCUT2D eigenvalue weighted by molar-refractivity contribution is 0.174. The molecule has 4 aromatic rings. The van der Waals surface area contributed by atoms with Gasteiger partial charge in [-0.25, -0.2) is 0 Å². The van der Waals surface area contributed by atoms with Crippen LogP contribution in [0.3, 0.4) is 0 Å². The van der Waals surface area contributed by atoms with E-state index < -0.39 is 0 Å². The van der Waals surface area contributed by atoms with Crippen LogP contribution >= 0.6 is 23.5 Å². The molecule has 3 aromatic carbocycles. The summed E-state index contributed by atoms with van der Waals surface area (Å²) in [6, 6.07) is 26.9. The first kappa shape index (κ1) is 19.2. The molecule has 0 N–H and O–H groups in total. The van der Waals surface area contributed by atoms with Crippen LogP contribution in [-0.2, 0) is 11.5 Å². The number of fused-ring (bicyclic) bond motifs is 1. The molecule has 0 bridgehead atoms. The third-order valence-corrected chi connectivity index (χ3v) is 6.98. The fourth-order valence-electron chi connectivity index (χ4n) is 3.33. The van der Waals surface area contributed by atoms with Gasteiger partial charge in [0.2, 0.25) is 6.79 Å². The summed E-state index contributed by atoms with van der Waals surface area (Å²) < 4.78 is 17.1. The average molecular weight is 433 g/mol. The Labute approximate surface area is 184 Å². The van der Waals surface area contributed by atoms with Gasteiger partial charge in [-0.15, -0.1) is 23.5 Å². The van der Waals surface area contributed by atoms with Crippen molar-refractivity contribution in [3.8, 4) is 22.8 Å². The Bertz CT molecular complexity index is 1120. The lowest BCUT2D eigenvalue weighted by Crippen LogP contribution is -1.92. The van der Waals surface area contributed by atoms with Crippen molar-refractivity contribution in [2.24, 2.45) is 0 Å². The molecule has 5 heteroatoms. The van der Waals surface area contributed by atoms with Crippen LogP contribution in [0.4, 0.5) is 0 Å². The second kappa shape index (κ2) is 8.94. The van der Waals surface area contributed by atoms with Crippen LogP contribution in [0.2, 0.25) is 0 Å². The van der Waals surface area contributed by atoms with Crippen molar-refractivity contribution < 1.29 is 13.9 Å². The van der Waals surface area contributed by atoms with Crippen molar-refractivity contribution in [2.45, 2.75) is 21.3 Å². The molecule has 0 amide bonds. The van der Waals surface area contributed by atoms with Gasteiger partial charge in [0, 0.05) is 38.0 Å². The van der Waals surface area contributed by atoms with E-state index in [0.29, 0.717) is 0 Å². The maximum atomic E-state index is 6.10. The van der Waals surface area contributed by atoms with E-state index in [1.54, 1.807) is 0 Å². The van der Waals surface area contributed by atoms with Crippen molar-refractivity contribution in [2.75, 3.05) is 6.79 Å². The van der Waals surface area contributed by atoms with E-state index >= 15 is 0 Å². The Morgan fingerprint density at radius 1 is 0.700 bits per heavy atom. The smallest absolute Gasteiger partial charge is 0.231 e. The number of thioether (sulfide) groups is 2. The number of rotatable bonds is 7. The highest BCUT2D eigenvalue weighted by Gasteiger charge is 2.20. The Morgan fingerprint density at radius 3 is 2.10 bits per heavy atom. The normalized spacial score (nSPS) is 12.3. The molecule has 30 heavy (non-hydrogen) atoms. The molecule has 0 saturated carbocycles. The van der Waals surface area contributed by atoms with Crippen LogP contribution in [0.5, 0.6) is 11.5 Å². The van der Waals surface area contributed by atoms with Gasteiger partial charge in [-0.2, -0.15) is 0 Å². The summed E-state index contributed by atoms with van der Waals surface area (Å²) in [4.78, 5) is 2.50. The van der Waals surface area contributed by atoms with Gasteiger partial charge in [-0.3, -0.25) is 0 Å². The molecule has 2 heterocycles. The van der Waals surface area contributed by atoms with E-state index in [9.17, 15) is 0 Å². The molecular formula is C25H20O3S2. The minimum Gasteiger partial charge on any atom is -0.464 e. The van der Waals surface area contributed by atoms with E-state index in [0.717, 1.165) is 34.3 Å². The molecule has 3 nitrogen and oxygen atoms in total. The summed E-state index contributed by atoms with van der Waals surface area (Å²) >= 11 is 3.65. The number of furan rings is 1. The predicted molar refractivity (Wildman–Crippen MR) is 122 cm³/mol. The van der Waals surface area contributed by atoms with Crippen molar-refractivity contribution in [3.05, 3.63) is 96.3 Å². The molecule has 1 aromatic heterocycles. The molecule has 0 aliphatic carbocycles. The molecular weight excluding hydrogens is 412 g/mol. The van der Waals surface area contributed by atoms with Crippen molar-refractivity contribution in [1.82, 2.24) is 0 Å². The minimum atomic E-state index is 0.270. The summed E-state index contributed by atoms with van der Waals surface area (Å²) in [5.41, 5.74) is 3.46. The Morgan fingerprint density at radius 2 is 1.37 bits per heavy atom. The first-order chi connectivity index (χ1) is 14.9. The lowest BCUT2D eigenvalue weighted by atomic mass is 10.1. The third-order valence-electron chi connectivity index (χ3n) is 4.88. The first-order valence-corrected chi connectivity index (χ1v) is 11.7. The van der Waals surface area contributed by atoms with E-state index in [4.69, 9.17) is 13.9 Å². The molecule has 0 saturated heterocycles. The van der Waals surface area contributed by atoms with Crippen LogP contribution in [0.1, 0.15) is 11.1 Å². The van der Waals surface area contributed by atoms with Gasteiger partial charge < -0.3 is 13.9 Å². The van der Waals surface area contributed by atoms with Crippen LogP contribution in [0.15, 0.2) is 99.3 Å². The molecule has 5 rings (SSSR count). The zero-order chi connectivity index (χ0) is 20.2. The number of hydrogen-bond acceptors (Lipinski definition) is 5. The van der Waals surface area contributed by atoms with Crippen LogP contribution in [-0.4, -0.2) is 6.79 Å². The SMILES string of the molecule is c1ccc(SCc2coc(-c3ccc4c(c3)OCO4)c2CSc2ccccc2)cc1. The zero-order valence-electron chi connectivity index (χ0n) is 16.2. The third kappa shape index (κ3) is 4.23. The summed E-state index contributed by atoms with van der Waals surface area (Å²) in [7, 11) is 0. The van der Waals surface area contributed by atoms with Gasteiger partial charge in [0.15, 0.2) is 11.5 Å². The van der Waals surface area contributed by atoms with Gasteiger partial charge in [-0.05, 0) is 42.5 Å². The molecule has 0 atom stereocenters. The second-order valence-corrected chi connectivity index (χ2v) is 8.94. The highest BCUT2D eigenvalue weighted by molar-refractivity contribution is 7.99. The molecule has 150 valence electrons. The average Bonchev–Trinajstić information content (AvgIpc) is 3.44. The van der Waals surface area contributed by atoms with Gasteiger partial charge in [0.05, 0.1) is 6.26 Å². The number of ether oxygens (including phenoxy) is 2. The topological polar surface area (TPSA) is 31.6 Å². The van der Waals surface area contributed by atoms with E-state index in [1.807, 2.05) is 60.1 Å². The van der Waals surface area contributed by atoms with Gasteiger partial charge in [-0.1, -0.05) is 36.4 Å². The number of benzene rings is 3. The maximum Gasteiger partial charge on any atom is 0.231 e. The monoisotopic (exact) mass is 432 g/mol. The fraction of sp³-hybridized carbons (Fsp3) is 0.120. The largest absolute Gasteiger partial charge is 0.464 e. The van der Waals surface area contributed by atoms with Crippen molar-refractivity contribution in [1.29, 1.82) is 0 Å². The second-order valence-electron chi connectivity index (χ2n) is 6.84. The molecule has 1 aliphatic rings. The quantitative estimate of drug-likeness (QED) is 0.287. The zero-order valence-corrected chi connectivity index (χ0v) is 17.9. The molecule has 0 radical (unpaired) electrons. The van der Waals surface area contributed by atoms with Gasteiger partial charge >= 0.3 is 0 Å². The lowest BCUT2D eigenvalue weighted by Gasteiger charge is -2.08. The fourth-order valence-corrected chi connectivity index (χ4v) is 5.22. The van der Waals surface area contributed by atoms with E-state index in [2.05, 4.69) is 48.5 Å². The summed E-state index contributed by atoms with van der Waals surface area (Å²) in [5, 5.41) is 0. The predicted octanol–water partition coefficient (Wildman–Crippen LogP) is 7.26. The van der Waals surface area contributed by atoms with Crippen molar-refractivity contribution in [3.63, 3.8) is 0 Å². The maximum absolute atomic E-state index is 6.10. The molecule has 1 aliphatic heterocycles. The van der Waals surface area contributed by atoms with Gasteiger partial charge in [0.25, 0.3) is 0 Å². The summed E-state index contributed by atoms with van der Waals surface area (Å²) in [5.74, 6) is 4.16. The molecule has 0 spiro atoms. The highest BCUT2D eigenvalue weighted by Crippen LogP contribution is 2.40. The highest BCUT2D eigenvalue weighted by atomic mass is 32.2.